The maximum Gasteiger partial charge on any atom is -0.0135 e. The molecule has 0 saturated heterocycles. The summed E-state index contributed by atoms with van der Waals surface area (Å²) in [6, 6.07) is 0. The fourth-order valence-corrected chi connectivity index (χ4v) is 1.52. The van der Waals surface area contributed by atoms with Crippen molar-refractivity contribution in [3.05, 3.63) is 35.5 Å². The fraction of sp³-hybridized carbons (Fsp3) is 0.700. The molecular formula is C20H40. The van der Waals surface area contributed by atoms with Crippen LogP contribution in [0.2, 0.25) is 0 Å². The first-order chi connectivity index (χ1) is 9.31. The van der Waals surface area contributed by atoms with Crippen LogP contribution < -0.4 is 0 Å². The molecule has 0 amide bonds. The highest BCUT2D eigenvalue weighted by Gasteiger charge is 2.13. The average Bonchev–Trinajstić information content (AvgIpc) is 2.42. The molecule has 0 saturated carbocycles. The van der Waals surface area contributed by atoms with E-state index in [9.17, 15) is 0 Å². The minimum absolute atomic E-state index is 0.237. The van der Waals surface area contributed by atoms with Crippen molar-refractivity contribution in [1.82, 2.24) is 0 Å². The molecule has 0 nitrogen and oxygen atoms in total. The SMILES string of the molecule is C/C=C(/C=C(\C=C\C(C)C)CC)C(C)(C)C.CC.CC. The second-order valence-electron chi connectivity index (χ2n) is 5.67. The zero-order chi connectivity index (χ0) is 16.8. The molecule has 0 spiro atoms. The molecule has 0 rings (SSSR count). The van der Waals surface area contributed by atoms with Crippen molar-refractivity contribution < 1.29 is 0 Å². The van der Waals surface area contributed by atoms with Crippen molar-refractivity contribution in [2.24, 2.45) is 11.3 Å². The first-order valence-corrected chi connectivity index (χ1v) is 8.36. The standard InChI is InChI=1S/C16H28.2C2H6/c1-8-14(11-10-13(3)4)12-15(9-2)16(5,6)7;2*1-2/h9-13H,8H2,1-7H3;2*1-2H3/b11-10+,14-12-,15-9-;;. The van der Waals surface area contributed by atoms with Crippen molar-refractivity contribution >= 4 is 0 Å². The number of rotatable bonds is 4. The molecule has 20 heavy (non-hydrogen) atoms. The third-order valence-electron chi connectivity index (χ3n) is 2.62. The molecule has 0 radical (unpaired) electrons. The summed E-state index contributed by atoms with van der Waals surface area (Å²) >= 11 is 0. The van der Waals surface area contributed by atoms with E-state index >= 15 is 0 Å². The monoisotopic (exact) mass is 280 g/mol. The molecule has 120 valence electrons. The second kappa shape index (κ2) is 14.6. The highest BCUT2D eigenvalue weighted by molar-refractivity contribution is 5.33. The molecule has 0 bridgehead atoms. The van der Waals surface area contributed by atoms with Crippen LogP contribution in [0, 0.1) is 11.3 Å². The summed E-state index contributed by atoms with van der Waals surface area (Å²) in [6.45, 7) is 23.5. The second-order valence-corrected chi connectivity index (χ2v) is 5.67. The van der Waals surface area contributed by atoms with Crippen LogP contribution in [0.5, 0.6) is 0 Å². The molecule has 0 aromatic carbocycles. The predicted molar refractivity (Wildman–Crippen MR) is 98.3 cm³/mol. The highest BCUT2D eigenvalue weighted by Crippen LogP contribution is 2.27. The van der Waals surface area contributed by atoms with Gasteiger partial charge in [-0.2, -0.15) is 0 Å². The number of hydrogen-bond acceptors (Lipinski definition) is 0. The summed E-state index contributed by atoms with van der Waals surface area (Å²) in [6.07, 6.45) is 10.2. The van der Waals surface area contributed by atoms with Gasteiger partial charge in [0.2, 0.25) is 0 Å². The predicted octanol–water partition coefficient (Wildman–Crippen LogP) is 7.58. The number of allylic oxidation sites excluding steroid dienone is 6. The van der Waals surface area contributed by atoms with E-state index in [0.29, 0.717) is 5.92 Å². The van der Waals surface area contributed by atoms with E-state index in [1.807, 2.05) is 27.7 Å². The van der Waals surface area contributed by atoms with Gasteiger partial charge in [0.1, 0.15) is 0 Å². The molecule has 0 aromatic heterocycles. The molecule has 0 fully saturated rings. The molecule has 0 aliphatic carbocycles. The fourth-order valence-electron chi connectivity index (χ4n) is 1.52. The molecule has 0 unspecified atom stereocenters. The Labute approximate surface area is 130 Å². The summed E-state index contributed by atoms with van der Waals surface area (Å²) in [4.78, 5) is 0. The molecule has 0 aliphatic rings. The van der Waals surface area contributed by atoms with Crippen molar-refractivity contribution in [2.45, 2.75) is 82.6 Å². The maximum atomic E-state index is 2.33. The Hall–Kier alpha value is -0.780. The molecule has 0 heteroatoms. The van der Waals surface area contributed by atoms with Gasteiger partial charge in [-0.3, -0.25) is 0 Å². The van der Waals surface area contributed by atoms with Crippen LogP contribution in [-0.2, 0) is 0 Å². The van der Waals surface area contributed by atoms with Gasteiger partial charge >= 0.3 is 0 Å². The van der Waals surface area contributed by atoms with Gasteiger partial charge in [0.25, 0.3) is 0 Å². The van der Waals surface area contributed by atoms with Crippen molar-refractivity contribution in [3.63, 3.8) is 0 Å². The van der Waals surface area contributed by atoms with Crippen molar-refractivity contribution in [1.29, 1.82) is 0 Å². The largest absolute Gasteiger partial charge is 0.0839 e. The Bertz CT molecular complexity index is 280. The van der Waals surface area contributed by atoms with Gasteiger partial charge in [0.15, 0.2) is 0 Å². The smallest absolute Gasteiger partial charge is 0.0135 e. The lowest BCUT2D eigenvalue weighted by Gasteiger charge is -2.20. The lowest BCUT2D eigenvalue weighted by Crippen LogP contribution is -2.07. The highest BCUT2D eigenvalue weighted by atomic mass is 14.2. The van der Waals surface area contributed by atoms with Crippen molar-refractivity contribution in [3.8, 4) is 0 Å². The lowest BCUT2D eigenvalue weighted by atomic mass is 9.85. The van der Waals surface area contributed by atoms with Gasteiger partial charge in [-0.1, -0.05) is 93.5 Å². The van der Waals surface area contributed by atoms with E-state index in [4.69, 9.17) is 0 Å². The summed E-state index contributed by atoms with van der Waals surface area (Å²) in [7, 11) is 0. The summed E-state index contributed by atoms with van der Waals surface area (Å²) in [5, 5.41) is 0. The first kappa shape index (κ1) is 24.3. The van der Waals surface area contributed by atoms with Crippen LogP contribution >= 0.6 is 0 Å². The molecule has 0 N–H and O–H groups in total. The van der Waals surface area contributed by atoms with Crippen LogP contribution in [0.3, 0.4) is 0 Å². The van der Waals surface area contributed by atoms with Gasteiger partial charge in [0.05, 0.1) is 0 Å². The van der Waals surface area contributed by atoms with Crippen LogP contribution in [0.4, 0.5) is 0 Å². The quantitative estimate of drug-likeness (QED) is 0.465. The van der Waals surface area contributed by atoms with E-state index in [2.05, 4.69) is 72.8 Å². The maximum absolute atomic E-state index is 2.33. The van der Waals surface area contributed by atoms with Gasteiger partial charge in [-0.15, -0.1) is 0 Å². The minimum atomic E-state index is 0.237. The van der Waals surface area contributed by atoms with Gasteiger partial charge in [-0.05, 0) is 35.8 Å². The minimum Gasteiger partial charge on any atom is -0.0839 e. The molecule has 0 aliphatic heterocycles. The Morgan fingerprint density at radius 2 is 1.45 bits per heavy atom. The normalized spacial score (nSPS) is 12.8. The topological polar surface area (TPSA) is 0 Å². The van der Waals surface area contributed by atoms with E-state index < -0.39 is 0 Å². The number of hydrogen-bond donors (Lipinski definition) is 0. The Morgan fingerprint density at radius 3 is 1.70 bits per heavy atom. The zero-order valence-corrected chi connectivity index (χ0v) is 16.1. The molecule has 0 heterocycles. The summed E-state index contributed by atoms with van der Waals surface area (Å²) < 4.78 is 0. The van der Waals surface area contributed by atoms with E-state index in [1.54, 1.807) is 0 Å². The summed E-state index contributed by atoms with van der Waals surface area (Å²) in [5.41, 5.74) is 3.07. The lowest BCUT2D eigenvalue weighted by molar-refractivity contribution is 0.515. The third-order valence-corrected chi connectivity index (χ3v) is 2.62. The Balaban J connectivity index is -0.000000656. The van der Waals surface area contributed by atoms with Crippen LogP contribution in [0.25, 0.3) is 0 Å². The van der Waals surface area contributed by atoms with Crippen LogP contribution in [0.1, 0.15) is 82.6 Å². The van der Waals surface area contributed by atoms with Gasteiger partial charge in [-0.25, -0.2) is 0 Å². The Kier molecular flexibility index (Phi) is 17.7. The molecule has 0 atom stereocenters. The average molecular weight is 281 g/mol. The molecule has 0 aromatic rings. The van der Waals surface area contributed by atoms with E-state index in [-0.39, 0.29) is 5.41 Å². The van der Waals surface area contributed by atoms with E-state index in [1.165, 1.54) is 11.1 Å². The van der Waals surface area contributed by atoms with Gasteiger partial charge < -0.3 is 0 Å². The summed E-state index contributed by atoms with van der Waals surface area (Å²) in [5.74, 6) is 0.624. The third kappa shape index (κ3) is 13.6. The first-order valence-electron chi connectivity index (χ1n) is 8.36. The zero-order valence-electron chi connectivity index (χ0n) is 16.1. The van der Waals surface area contributed by atoms with Crippen LogP contribution in [0.15, 0.2) is 35.5 Å². The van der Waals surface area contributed by atoms with E-state index in [0.717, 1.165) is 6.42 Å². The Morgan fingerprint density at radius 1 is 1.00 bits per heavy atom. The molecular weight excluding hydrogens is 240 g/mol. The van der Waals surface area contributed by atoms with Crippen LogP contribution in [-0.4, -0.2) is 0 Å². The van der Waals surface area contributed by atoms with Gasteiger partial charge in [0, 0.05) is 0 Å². The van der Waals surface area contributed by atoms with Crippen molar-refractivity contribution in [2.75, 3.05) is 0 Å².